The van der Waals surface area contributed by atoms with Crippen LogP contribution in [0.5, 0.6) is 11.5 Å². The van der Waals surface area contributed by atoms with Crippen molar-refractivity contribution in [1.29, 1.82) is 0 Å². The fourth-order valence-electron chi connectivity index (χ4n) is 1.55. The molecule has 0 saturated carbocycles. The third-order valence-corrected chi connectivity index (χ3v) is 2.25. The van der Waals surface area contributed by atoms with E-state index in [-0.39, 0.29) is 12.1 Å². The Balaban J connectivity index is 2.14. The molecule has 1 aromatic rings. The molecule has 0 aliphatic carbocycles. The van der Waals surface area contributed by atoms with Crippen molar-refractivity contribution in [2.45, 2.75) is 26.0 Å². The van der Waals surface area contributed by atoms with Crippen LogP contribution in [0.25, 0.3) is 0 Å². The number of amidine groups is 1. The van der Waals surface area contributed by atoms with Crippen molar-refractivity contribution in [1.82, 2.24) is 0 Å². The molecule has 0 radical (unpaired) electrons. The predicted molar refractivity (Wildman–Crippen MR) is 63.1 cm³/mol. The van der Waals surface area contributed by atoms with E-state index in [1.165, 1.54) is 0 Å². The molecule has 1 atom stereocenters. The van der Waals surface area contributed by atoms with Gasteiger partial charge in [0.25, 0.3) is 0 Å². The van der Waals surface area contributed by atoms with Gasteiger partial charge in [-0.2, -0.15) is 0 Å². The second kappa shape index (κ2) is 4.43. The maximum atomic E-state index is 5.85. The van der Waals surface area contributed by atoms with E-state index in [9.17, 15) is 0 Å². The van der Waals surface area contributed by atoms with Crippen LogP contribution in [-0.4, -0.2) is 24.6 Å². The number of para-hydroxylation sites is 2. The molecule has 4 nitrogen and oxygen atoms in total. The smallest absolute Gasteiger partial charge is 0.189 e. The highest BCUT2D eigenvalue weighted by atomic mass is 16.6. The van der Waals surface area contributed by atoms with Gasteiger partial charge >= 0.3 is 0 Å². The zero-order valence-corrected chi connectivity index (χ0v) is 9.51. The zero-order valence-electron chi connectivity index (χ0n) is 9.51. The summed E-state index contributed by atoms with van der Waals surface area (Å²) >= 11 is 0. The van der Waals surface area contributed by atoms with Crippen LogP contribution in [0.3, 0.4) is 0 Å². The van der Waals surface area contributed by atoms with E-state index in [2.05, 4.69) is 4.99 Å². The van der Waals surface area contributed by atoms with Gasteiger partial charge in [0, 0.05) is 6.04 Å². The van der Waals surface area contributed by atoms with E-state index in [0.717, 1.165) is 11.5 Å². The topological polar surface area (TPSA) is 56.8 Å². The Hall–Kier alpha value is -1.71. The van der Waals surface area contributed by atoms with Gasteiger partial charge in [-0.05, 0) is 26.0 Å². The van der Waals surface area contributed by atoms with Crippen molar-refractivity contribution in [3.63, 3.8) is 0 Å². The second-order valence-corrected chi connectivity index (χ2v) is 4.01. The van der Waals surface area contributed by atoms with Crippen molar-refractivity contribution in [2.75, 3.05) is 6.61 Å². The molecule has 16 heavy (non-hydrogen) atoms. The molecule has 4 heteroatoms. The number of rotatable bonds is 2. The van der Waals surface area contributed by atoms with Gasteiger partial charge in [0.15, 0.2) is 17.6 Å². The number of ether oxygens (including phenoxy) is 2. The van der Waals surface area contributed by atoms with Gasteiger partial charge in [-0.15, -0.1) is 0 Å². The number of fused-ring (bicyclic) bond motifs is 1. The molecule has 2 rings (SSSR count). The lowest BCUT2D eigenvalue weighted by atomic mass is 10.2. The van der Waals surface area contributed by atoms with E-state index < -0.39 is 0 Å². The summed E-state index contributed by atoms with van der Waals surface area (Å²) in [6.07, 6.45) is -0.280. The molecule has 0 amide bonds. The van der Waals surface area contributed by atoms with Crippen molar-refractivity contribution in [3.05, 3.63) is 24.3 Å². The lowest BCUT2D eigenvalue weighted by Gasteiger charge is -2.26. The maximum absolute atomic E-state index is 5.85. The second-order valence-electron chi connectivity index (χ2n) is 4.01. The average Bonchev–Trinajstić information content (AvgIpc) is 2.27. The maximum Gasteiger partial charge on any atom is 0.189 e. The summed E-state index contributed by atoms with van der Waals surface area (Å²) in [4.78, 5) is 4.26. The fraction of sp³-hybridized carbons (Fsp3) is 0.417. The van der Waals surface area contributed by atoms with Crippen LogP contribution in [0, 0.1) is 0 Å². The summed E-state index contributed by atoms with van der Waals surface area (Å²) in [5.41, 5.74) is 5.85. The lowest BCUT2D eigenvalue weighted by Crippen LogP contribution is -2.41. The van der Waals surface area contributed by atoms with Gasteiger partial charge in [-0.25, -0.2) is 0 Å². The van der Waals surface area contributed by atoms with E-state index in [1.54, 1.807) is 0 Å². The van der Waals surface area contributed by atoms with Gasteiger partial charge < -0.3 is 15.2 Å². The van der Waals surface area contributed by atoms with Gasteiger partial charge in [-0.1, -0.05) is 12.1 Å². The van der Waals surface area contributed by atoms with Crippen LogP contribution in [-0.2, 0) is 0 Å². The fourth-order valence-corrected chi connectivity index (χ4v) is 1.55. The van der Waals surface area contributed by atoms with Crippen molar-refractivity contribution >= 4 is 5.84 Å². The van der Waals surface area contributed by atoms with E-state index in [0.29, 0.717) is 12.4 Å². The summed E-state index contributed by atoms with van der Waals surface area (Å²) in [6, 6.07) is 7.72. The van der Waals surface area contributed by atoms with Gasteiger partial charge in [-0.3, -0.25) is 4.99 Å². The first kappa shape index (κ1) is 10.8. The SMILES string of the molecule is CC(C)N=C(N)C1COc2ccccc2O1. The van der Waals surface area contributed by atoms with Crippen LogP contribution in [0.2, 0.25) is 0 Å². The minimum absolute atomic E-state index is 0.167. The minimum atomic E-state index is -0.280. The summed E-state index contributed by atoms with van der Waals surface area (Å²) in [5.74, 6) is 1.97. The molecule has 1 unspecified atom stereocenters. The summed E-state index contributed by atoms with van der Waals surface area (Å²) in [6.45, 7) is 4.37. The van der Waals surface area contributed by atoms with Crippen molar-refractivity contribution in [2.24, 2.45) is 10.7 Å². The Kier molecular flexibility index (Phi) is 2.99. The number of hydrogen-bond acceptors (Lipinski definition) is 3. The van der Waals surface area contributed by atoms with Crippen LogP contribution in [0.1, 0.15) is 13.8 Å². The van der Waals surface area contributed by atoms with Crippen LogP contribution >= 0.6 is 0 Å². The Morgan fingerprint density at radius 1 is 1.38 bits per heavy atom. The summed E-state index contributed by atoms with van der Waals surface area (Å²) in [7, 11) is 0. The van der Waals surface area contributed by atoms with Crippen molar-refractivity contribution < 1.29 is 9.47 Å². The molecule has 0 fully saturated rings. The predicted octanol–water partition coefficient (Wildman–Crippen LogP) is 1.59. The van der Waals surface area contributed by atoms with Crippen LogP contribution in [0.4, 0.5) is 0 Å². The van der Waals surface area contributed by atoms with Crippen LogP contribution < -0.4 is 15.2 Å². The first-order chi connectivity index (χ1) is 7.66. The highest BCUT2D eigenvalue weighted by molar-refractivity contribution is 5.85. The molecule has 1 aromatic carbocycles. The number of aliphatic imine (C=N–C) groups is 1. The molecule has 2 N–H and O–H groups in total. The lowest BCUT2D eigenvalue weighted by molar-refractivity contribution is 0.134. The first-order valence-electron chi connectivity index (χ1n) is 5.38. The molecule has 86 valence electrons. The van der Waals surface area contributed by atoms with E-state index in [1.807, 2.05) is 38.1 Å². The molecule has 1 heterocycles. The Bertz CT molecular complexity index is 402. The standard InChI is InChI=1S/C12H16N2O2/c1-8(2)14-12(13)11-7-15-9-5-3-4-6-10(9)16-11/h3-6,8,11H,7H2,1-2H3,(H2,13,14). The molecule has 0 bridgehead atoms. The van der Waals surface area contributed by atoms with E-state index in [4.69, 9.17) is 15.2 Å². The number of nitrogens with zero attached hydrogens (tertiary/aromatic N) is 1. The quantitative estimate of drug-likeness (QED) is 0.608. The Labute approximate surface area is 95.1 Å². The Morgan fingerprint density at radius 3 is 2.75 bits per heavy atom. The monoisotopic (exact) mass is 220 g/mol. The molecular formula is C12H16N2O2. The molecule has 0 spiro atoms. The highest BCUT2D eigenvalue weighted by Gasteiger charge is 2.23. The van der Waals surface area contributed by atoms with Gasteiger partial charge in [0.1, 0.15) is 12.4 Å². The molecule has 0 saturated heterocycles. The summed E-state index contributed by atoms with van der Waals surface area (Å²) in [5, 5.41) is 0. The largest absolute Gasteiger partial charge is 0.485 e. The third kappa shape index (κ3) is 2.27. The Morgan fingerprint density at radius 2 is 2.06 bits per heavy atom. The third-order valence-electron chi connectivity index (χ3n) is 2.25. The van der Waals surface area contributed by atoms with Gasteiger partial charge in [0.05, 0.1) is 0 Å². The number of nitrogens with two attached hydrogens (primary N) is 1. The van der Waals surface area contributed by atoms with Gasteiger partial charge in [0.2, 0.25) is 0 Å². The first-order valence-corrected chi connectivity index (χ1v) is 5.38. The number of hydrogen-bond donors (Lipinski definition) is 1. The molecule has 1 aliphatic rings. The normalized spacial score (nSPS) is 19.9. The van der Waals surface area contributed by atoms with E-state index >= 15 is 0 Å². The van der Waals surface area contributed by atoms with Crippen LogP contribution in [0.15, 0.2) is 29.3 Å². The van der Waals surface area contributed by atoms with Crippen molar-refractivity contribution in [3.8, 4) is 11.5 Å². The average molecular weight is 220 g/mol. The highest BCUT2D eigenvalue weighted by Crippen LogP contribution is 2.30. The number of benzene rings is 1. The molecule has 1 aliphatic heterocycles. The molecule has 0 aromatic heterocycles. The minimum Gasteiger partial charge on any atom is -0.485 e. The molecular weight excluding hydrogens is 204 g/mol. The zero-order chi connectivity index (χ0) is 11.5. The summed E-state index contributed by atoms with van der Waals surface area (Å²) < 4.78 is 11.3.